The zero-order valence-electron chi connectivity index (χ0n) is 11.0. The Kier molecular flexibility index (Phi) is 4.97. The molecule has 0 bridgehead atoms. The standard InChI is InChI=1S/C14H14BrFN2O2S/c15-13-6-5-12(16)7-14(13)18-21(19,20)9-11-3-1-10(8-17)2-4-11/h1-7,18H,8-9,17H2. The smallest absolute Gasteiger partial charge is 0.236 e. The molecule has 0 saturated heterocycles. The Morgan fingerprint density at radius 1 is 1.10 bits per heavy atom. The summed E-state index contributed by atoms with van der Waals surface area (Å²) in [5.74, 6) is -0.705. The van der Waals surface area contributed by atoms with Crippen molar-refractivity contribution in [2.24, 2.45) is 5.73 Å². The molecule has 3 N–H and O–H groups in total. The zero-order chi connectivity index (χ0) is 15.5. The first-order chi connectivity index (χ1) is 9.89. The Morgan fingerprint density at radius 2 is 1.71 bits per heavy atom. The van der Waals surface area contributed by atoms with E-state index in [1.54, 1.807) is 24.3 Å². The van der Waals surface area contributed by atoms with Crippen molar-refractivity contribution in [2.45, 2.75) is 12.3 Å². The van der Waals surface area contributed by atoms with Crippen LogP contribution in [0.4, 0.5) is 10.1 Å². The van der Waals surface area contributed by atoms with Crippen LogP contribution in [0.25, 0.3) is 0 Å². The number of benzene rings is 2. The summed E-state index contributed by atoms with van der Waals surface area (Å²) in [6, 6.07) is 10.8. The molecular formula is C14H14BrFN2O2S. The van der Waals surface area contributed by atoms with Gasteiger partial charge in [0.05, 0.1) is 11.4 Å². The van der Waals surface area contributed by atoms with Crippen LogP contribution in [-0.4, -0.2) is 8.42 Å². The number of hydrogen-bond donors (Lipinski definition) is 2. The van der Waals surface area contributed by atoms with Crippen molar-refractivity contribution in [3.05, 3.63) is 63.9 Å². The molecule has 2 aromatic carbocycles. The highest BCUT2D eigenvalue weighted by atomic mass is 79.9. The van der Waals surface area contributed by atoms with E-state index in [1.165, 1.54) is 12.1 Å². The first kappa shape index (κ1) is 15.9. The summed E-state index contributed by atoms with van der Waals surface area (Å²) >= 11 is 3.18. The van der Waals surface area contributed by atoms with Crippen LogP contribution in [0.3, 0.4) is 0 Å². The van der Waals surface area contributed by atoms with E-state index in [4.69, 9.17) is 5.73 Å². The van der Waals surface area contributed by atoms with Gasteiger partial charge in [-0.05, 0) is 45.3 Å². The second-order valence-electron chi connectivity index (χ2n) is 4.51. The van der Waals surface area contributed by atoms with Crippen molar-refractivity contribution >= 4 is 31.6 Å². The van der Waals surface area contributed by atoms with Crippen LogP contribution in [0.15, 0.2) is 46.9 Å². The highest BCUT2D eigenvalue weighted by Crippen LogP contribution is 2.24. The molecule has 2 aromatic rings. The van der Waals surface area contributed by atoms with E-state index in [0.29, 0.717) is 16.6 Å². The van der Waals surface area contributed by atoms with Crippen LogP contribution in [0, 0.1) is 5.82 Å². The minimum atomic E-state index is -3.62. The average molecular weight is 373 g/mol. The van der Waals surface area contributed by atoms with Gasteiger partial charge in [0.2, 0.25) is 10.0 Å². The molecule has 0 fully saturated rings. The Balaban J connectivity index is 2.16. The van der Waals surface area contributed by atoms with Crippen molar-refractivity contribution in [2.75, 3.05) is 4.72 Å². The molecule has 0 atom stereocenters. The second-order valence-corrected chi connectivity index (χ2v) is 7.08. The topological polar surface area (TPSA) is 72.2 Å². The molecule has 0 saturated carbocycles. The molecule has 0 aliphatic rings. The molecule has 4 nitrogen and oxygen atoms in total. The molecule has 2 rings (SSSR count). The van der Waals surface area contributed by atoms with E-state index in [2.05, 4.69) is 20.7 Å². The van der Waals surface area contributed by atoms with Gasteiger partial charge in [-0.3, -0.25) is 4.72 Å². The first-order valence-corrected chi connectivity index (χ1v) is 8.57. The van der Waals surface area contributed by atoms with Crippen molar-refractivity contribution in [3.8, 4) is 0 Å². The van der Waals surface area contributed by atoms with E-state index in [1.807, 2.05) is 0 Å². The summed E-state index contributed by atoms with van der Waals surface area (Å²) in [5, 5.41) is 0. The molecule has 0 unspecified atom stereocenters. The molecular weight excluding hydrogens is 359 g/mol. The van der Waals surface area contributed by atoms with Crippen LogP contribution in [-0.2, 0) is 22.3 Å². The third kappa shape index (κ3) is 4.52. The molecule has 0 amide bonds. The van der Waals surface area contributed by atoms with Crippen LogP contribution in [0.5, 0.6) is 0 Å². The number of halogens is 2. The van der Waals surface area contributed by atoms with Crippen molar-refractivity contribution < 1.29 is 12.8 Å². The lowest BCUT2D eigenvalue weighted by Crippen LogP contribution is -2.15. The quantitative estimate of drug-likeness (QED) is 0.847. The molecule has 0 aromatic heterocycles. The molecule has 0 aliphatic heterocycles. The zero-order valence-corrected chi connectivity index (χ0v) is 13.4. The van der Waals surface area contributed by atoms with Crippen LogP contribution in [0.1, 0.15) is 11.1 Å². The maximum atomic E-state index is 13.2. The third-order valence-electron chi connectivity index (χ3n) is 2.81. The minimum absolute atomic E-state index is 0.175. The van der Waals surface area contributed by atoms with Gasteiger partial charge in [-0.25, -0.2) is 12.8 Å². The maximum absolute atomic E-state index is 13.2. The van der Waals surface area contributed by atoms with Gasteiger partial charge >= 0.3 is 0 Å². The molecule has 0 spiro atoms. The minimum Gasteiger partial charge on any atom is -0.326 e. The monoisotopic (exact) mass is 372 g/mol. The normalized spacial score (nSPS) is 11.4. The molecule has 0 radical (unpaired) electrons. The van der Waals surface area contributed by atoms with E-state index in [9.17, 15) is 12.8 Å². The summed E-state index contributed by atoms with van der Waals surface area (Å²) in [6.45, 7) is 0.404. The number of hydrogen-bond acceptors (Lipinski definition) is 3. The number of nitrogens with one attached hydrogen (secondary N) is 1. The van der Waals surface area contributed by atoms with Crippen molar-refractivity contribution in [1.82, 2.24) is 0 Å². The SMILES string of the molecule is NCc1ccc(CS(=O)(=O)Nc2cc(F)ccc2Br)cc1. The number of nitrogens with two attached hydrogens (primary N) is 1. The van der Waals surface area contributed by atoms with Crippen molar-refractivity contribution in [3.63, 3.8) is 0 Å². The number of sulfonamides is 1. The Morgan fingerprint density at radius 3 is 2.33 bits per heavy atom. The van der Waals surface area contributed by atoms with Gasteiger partial charge in [0.25, 0.3) is 0 Å². The third-order valence-corrected chi connectivity index (χ3v) is 4.75. The van der Waals surface area contributed by atoms with Crippen LogP contribution >= 0.6 is 15.9 Å². The van der Waals surface area contributed by atoms with Gasteiger partial charge in [0.1, 0.15) is 5.82 Å². The number of rotatable bonds is 5. The molecule has 112 valence electrons. The number of anilines is 1. The fraction of sp³-hybridized carbons (Fsp3) is 0.143. The fourth-order valence-corrected chi connectivity index (χ4v) is 3.45. The summed E-state index contributed by atoms with van der Waals surface area (Å²) in [7, 11) is -3.62. The van der Waals surface area contributed by atoms with Gasteiger partial charge in [-0.2, -0.15) is 0 Å². The second kappa shape index (κ2) is 6.55. The summed E-state index contributed by atoms with van der Waals surface area (Å²) in [5.41, 5.74) is 7.22. The van der Waals surface area contributed by atoms with Gasteiger partial charge in [-0.1, -0.05) is 24.3 Å². The fourth-order valence-electron chi connectivity index (χ4n) is 1.77. The highest BCUT2D eigenvalue weighted by molar-refractivity contribution is 9.10. The summed E-state index contributed by atoms with van der Waals surface area (Å²) in [6.07, 6.45) is 0. The van der Waals surface area contributed by atoms with E-state index in [-0.39, 0.29) is 11.4 Å². The maximum Gasteiger partial charge on any atom is 0.236 e. The van der Waals surface area contributed by atoms with Gasteiger partial charge in [0.15, 0.2) is 0 Å². The first-order valence-electron chi connectivity index (χ1n) is 6.13. The van der Waals surface area contributed by atoms with Gasteiger partial charge in [-0.15, -0.1) is 0 Å². The lowest BCUT2D eigenvalue weighted by molar-refractivity contribution is 0.600. The van der Waals surface area contributed by atoms with Gasteiger partial charge in [0, 0.05) is 11.0 Å². The predicted molar refractivity (Wildman–Crippen MR) is 84.7 cm³/mol. The Hall–Kier alpha value is -1.44. The van der Waals surface area contributed by atoms with E-state index >= 15 is 0 Å². The Labute approximate surface area is 131 Å². The van der Waals surface area contributed by atoms with E-state index < -0.39 is 15.8 Å². The Bertz CT molecular complexity index is 733. The lowest BCUT2D eigenvalue weighted by atomic mass is 10.1. The lowest BCUT2D eigenvalue weighted by Gasteiger charge is -2.10. The van der Waals surface area contributed by atoms with E-state index in [0.717, 1.165) is 11.6 Å². The predicted octanol–water partition coefficient (Wildman–Crippen LogP) is 2.99. The molecule has 21 heavy (non-hydrogen) atoms. The van der Waals surface area contributed by atoms with Crippen molar-refractivity contribution in [1.29, 1.82) is 0 Å². The largest absolute Gasteiger partial charge is 0.326 e. The molecule has 0 heterocycles. The molecule has 7 heteroatoms. The highest BCUT2D eigenvalue weighted by Gasteiger charge is 2.14. The van der Waals surface area contributed by atoms with Gasteiger partial charge < -0.3 is 5.73 Å². The average Bonchev–Trinajstić information content (AvgIpc) is 2.43. The summed E-state index contributed by atoms with van der Waals surface area (Å²) in [4.78, 5) is 0. The van der Waals surface area contributed by atoms with Crippen LogP contribution in [0.2, 0.25) is 0 Å². The molecule has 0 aliphatic carbocycles. The van der Waals surface area contributed by atoms with Crippen LogP contribution < -0.4 is 10.5 Å². The summed E-state index contributed by atoms with van der Waals surface area (Å²) < 4.78 is 40.2.